The second-order valence-electron chi connectivity index (χ2n) is 14.6. The zero-order valence-corrected chi connectivity index (χ0v) is 30.6. The summed E-state index contributed by atoms with van der Waals surface area (Å²) < 4.78 is 6.57. The number of hydrogen-bond donors (Lipinski definition) is 0. The molecule has 2 heteroatoms. The third kappa shape index (κ3) is 5.51. The van der Waals surface area contributed by atoms with Crippen molar-refractivity contribution in [2.24, 2.45) is 0 Å². The van der Waals surface area contributed by atoms with Crippen molar-refractivity contribution in [1.29, 1.82) is 0 Å². The second-order valence-corrected chi connectivity index (χ2v) is 14.6. The maximum Gasteiger partial charge on any atom is 0.136 e. The Kier molecular flexibility index (Phi) is 7.53. The molecular weight excluding hydrogens is 679 g/mol. The molecule has 262 valence electrons. The highest BCUT2D eigenvalue weighted by Crippen LogP contribution is 2.46. The average molecular weight is 714 g/mol. The van der Waals surface area contributed by atoms with Crippen LogP contribution in [-0.2, 0) is 0 Å². The minimum absolute atomic E-state index is 0.880. The van der Waals surface area contributed by atoms with Crippen LogP contribution in [0.5, 0.6) is 0 Å². The Balaban J connectivity index is 1.13. The van der Waals surface area contributed by atoms with Crippen LogP contribution in [0.1, 0.15) is 0 Å². The number of fused-ring (bicyclic) bond motifs is 6. The van der Waals surface area contributed by atoms with Crippen molar-refractivity contribution < 1.29 is 4.42 Å². The van der Waals surface area contributed by atoms with Gasteiger partial charge in [-0.2, -0.15) is 0 Å². The first-order valence-electron chi connectivity index (χ1n) is 19.2. The van der Waals surface area contributed by atoms with Crippen molar-refractivity contribution in [3.8, 4) is 33.4 Å². The Hall–Kier alpha value is -7.42. The average Bonchev–Trinajstić information content (AvgIpc) is 3.63. The number of nitrogens with zero attached hydrogens (tertiary/aromatic N) is 1. The van der Waals surface area contributed by atoms with Gasteiger partial charge in [0.2, 0.25) is 0 Å². The molecule has 0 bridgehead atoms. The first kappa shape index (κ1) is 32.0. The predicted octanol–water partition coefficient (Wildman–Crippen LogP) is 15.5. The van der Waals surface area contributed by atoms with Gasteiger partial charge in [-0.1, -0.05) is 152 Å². The fourth-order valence-electron chi connectivity index (χ4n) is 8.45. The molecule has 56 heavy (non-hydrogen) atoms. The molecule has 0 amide bonds. The Morgan fingerprint density at radius 1 is 0.304 bits per heavy atom. The summed E-state index contributed by atoms with van der Waals surface area (Å²) in [5, 5.41) is 9.54. The minimum atomic E-state index is 0.880. The topological polar surface area (TPSA) is 16.4 Å². The fourth-order valence-corrected chi connectivity index (χ4v) is 8.45. The normalized spacial score (nSPS) is 11.6. The van der Waals surface area contributed by atoms with Gasteiger partial charge in [-0.25, -0.2) is 0 Å². The molecule has 0 aliphatic carbocycles. The zero-order chi connectivity index (χ0) is 37.0. The molecule has 1 heterocycles. The van der Waals surface area contributed by atoms with Crippen molar-refractivity contribution in [1.82, 2.24) is 0 Å². The van der Waals surface area contributed by atoms with Gasteiger partial charge in [0.25, 0.3) is 0 Å². The van der Waals surface area contributed by atoms with Gasteiger partial charge in [0, 0.05) is 27.7 Å². The molecule has 0 atom stereocenters. The molecule has 11 rings (SSSR count). The number of rotatable bonds is 6. The van der Waals surface area contributed by atoms with E-state index in [1.54, 1.807) is 0 Å². The van der Waals surface area contributed by atoms with Gasteiger partial charge in [0.15, 0.2) is 0 Å². The largest absolute Gasteiger partial charge is 0.456 e. The van der Waals surface area contributed by atoms with Gasteiger partial charge in [0.05, 0.1) is 5.69 Å². The highest BCUT2D eigenvalue weighted by Gasteiger charge is 2.21. The van der Waals surface area contributed by atoms with E-state index in [-0.39, 0.29) is 0 Å². The van der Waals surface area contributed by atoms with Crippen LogP contribution < -0.4 is 4.90 Å². The van der Waals surface area contributed by atoms with Crippen molar-refractivity contribution in [2.75, 3.05) is 4.90 Å². The number of furan rings is 1. The van der Waals surface area contributed by atoms with E-state index < -0.39 is 0 Å². The van der Waals surface area contributed by atoms with E-state index in [0.29, 0.717) is 0 Å². The second kappa shape index (κ2) is 13.2. The summed E-state index contributed by atoms with van der Waals surface area (Å²) in [6.07, 6.45) is 0. The van der Waals surface area contributed by atoms with Gasteiger partial charge in [0.1, 0.15) is 11.2 Å². The third-order valence-electron chi connectivity index (χ3n) is 11.2. The van der Waals surface area contributed by atoms with E-state index in [0.717, 1.165) is 61.3 Å². The van der Waals surface area contributed by atoms with Crippen LogP contribution in [0.15, 0.2) is 217 Å². The van der Waals surface area contributed by atoms with Gasteiger partial charge in [-0.05, 0) is 121 Å². The van der Waals surface area contributed by atoms with Crippen molar-refractivity contribution in [2.45, 2.75) is 0 Å². The molecule has 0 radical (unpaired) electrons. The Morgan fingerprint density at radius 3 is 1.41 bits per heavy atom. The van der Waals surface area contributed by atoms with E-state index in [2.05, 4.69) is 217 Å². The van der Waals surface area contributed by atoms with E-state index in [9.17, 15) is 0 Å². The quantitative estimate of drug-likeness (QED) is 0.171. The lowest BCUT2D eigenvalue weighted by Gasteiger charge is -2.29. The Morgan fingerprint density at radius 2 is 0.786 bits per heavy atom. The molecule has 0 N–H and O–H groups in total. The highest BCUT2D eigenvalue weighted by atomic mass is 16.3. The summed E-state index contributed by atoms with van der Waals surface area (Å²) in [5.74, 6) is 0. The summed E-state index contributed by atoms with van der Waals surface area (Å²) in [5.41, 5.74) is 12.0. The van der Waals surface area contributed by atoms with Crippen LogP contribution in [0.25, 0.3) is 87.6 Å². The maximum atomic E-state index is 6.57. The maximum absolute atomic E-state index is 6.57. The smallest absolute Gasteiger partial charge is 0.136 e. The van der Waals surface area contributed by atoms with Crippen LogP contribution in [-0.4, -0.2) is 0 Å². The number of hydrogen-bond acceptors (Lipinski definition) is 2. The van der Waals surface area contributed by atoms with Crippen LogP contribution in [0.3, 0.4) is 0 Å². The van der Waals surface area contributed by atoms with Gasteiger partial charge in [-0.3, -0.25) is 0 Å². The standard InChI is InChI=1S/C54H35NO/c1-3-14-38-30-44(28-26-36(38)12-1)40-18-9-20-46(32-40)55(47-21-10-19-41(33-47)45-29-27-37-13-2-4-15-39(37)31-45)51-24-8-7-22-48(51)49-23-11-25-52-54(49)50-34-42-16-5-6-17-43(42)35-53(50)56-52/h1-35H. The van der Waals surface area contributed by atoms with E-state index in [4.69, 9.17) is 4.42 Å². The lowest BCUT2D eigenvalue weighted by atomic mass is 9.95. The molecule has 0 saturated carbocycles. The molecule has 1 aromatic heterocycles. The van der Waals surface area contributed by atoms with Crippen molar-refractivity contribution in [3.05, 3.63) is 212 Å². The molecule has 0 unspecified atom stereocenters. The summed E-state index contributed by atoms with van der Waals surface area (Å²) >= 11 is 0. The number of benzene rings is 10. The zero-order valence-electron chi connectivity index (χ0n) is 30.6. The summed E-state index contributed by atoms with van der Waals surface area (Å²) in [6.45, 7) is 0. The van der Waals surface area contributed by atoms with Gasteiger partial charge >= 0.3 is 0 Å². The molecule has 11 aromatic rings. The van der Waals surface area contributed by atoms with E-state index in [1.165, 1.54) is 43.4 Å². The number of para-hydroxylation sites is 1. The first-order chi connectivity index (χ1) is 27.7. The molecule has 0 fully saturated rings. The Labute approximate surface area is 325 Å². The molecular formula is C54H35NO. The minimum Gasteiger partial charge on any atom is -0.456 e. The molecule has 0 saturated heterocycles. The van der Waals surface area contributed by atoms with E-state index >= 15 is 0 Å². The van der Waals surface area contributed by atoms with Gasteiger partial charge < -0.3 is 9.32 Å². The van der Waals surface area contributed by atoms with Crippen LogP contribution in [0, 0.1) is 0 Å². The van der Waals surface area contributed by atoms with Crippen LogP contribution in [0.2, 0.25) is 0 Å². The molecule has 0 spiro atoms. The molecule has 2 nitrogen and oxygen atoms in total. The van der Waals surface area contributed by atoms with Crippen LogP contribution in [0.4, 0.5) is 17.1 Å². The van der Waals surface area contributed by atoms with Gasteiger partial charge in [-0.15, -0.1) is 0 Å². The van der Waals surface area contributed by atoms with Crippen LogP contribution >= 0.6 is 0 Å². The summed E-state index contributed by atoms with van der Waals surface area (Å²) in [4.78, 5) is 2.42. The highest BCUT2D eigenvalue weighted by molar-refractivity contribution is 6.16. The molecule has 10 aromatic carbocycles. The monoisotopic (exact) mass is 713 g/mol. The van der Waals surface area contributed by atoms with E-state index in [1.807, 2.05) is 0 Å². The first-order valence-corrected chi connectivity index (χ1v) is 19.2. The molecule has 0 aliphatic heterocycles. The van der Waals surface area contributed by atoms with Crippen molar-refractivity contribution >= 4 is 71.3 Å². The lowest BCUT2D eigenvalue weighted by molar-refractivity contribution is 0.669. The third-order valence-corrected chi connectivity index (χ3v) is 11.2. The van der Waals surface area contributed by atoms with Crippen molar-refractivity contribution in [3.63, 3.8) is 0 Å². The fraction of sp³-hybridized carbons (Fsp3) is 0. The number of anilines is 3. The predicted molar refractivity (Wildman–Crippen MR) is 237 cm³/mol. The lowest BCUT2D eigenvalue weighted by Crippen LogP contribution is -2.11. The summed E-state index contributed by atoms with van der Waals surface area (Å²) in [6, 6.07) is 76.7. The Bertz CT molecular complexity index is 3160. The summed E-state index contributed by atoms with van der Waals surface area (Å²) in [7, 11) is 0. The molecule has 0 aliphatic rings. The SMILES string of the molecule is c1cc(-c2ccc3ccccc3c2)cc(N(c2cccc(-c3ccc4ccccc4c3)c2)c2ccccc2-c2cccc3oc4cc5ccccc5cc4c23)c1.